The maximum Gasteiger partial charge on any atom is 0.334 e. The van der Waals surface area contributed by atoms with E-state index in [0.717, 1.165) is 0 Å². The summed E-state index contributed by atoms with van der Waals surface area (Å²) in [7, 11) is 0. The van der Waals surface area contributed by atoms with Crippen molar-refractivity contribution in [3.8, 4) is 5.75 Å². The molecule has 104 valence electrons. The largest absolute Gasteiger partial charge is 0.508 e. The van der Waals surface area contributed by atoms with Crippen LogP contribution < -0.4 is 0 Å². The number of carboxylic acids is 1. The van der Waals surface area contributed by atoms with Gasteiger partial charge in [-0.05, 0) is 38.5 Å². The summed E-state index contributed by atoms with van der Waals surface area (Å²) >= 11 is 0. The summed E-state index contributed by atoms with van der Waals surface area (Å²) in [4.78, 5) is 24.8. The Morgan fingerprint density at radius 2 is 1.89 bits per heavy atom. The Balaban J connectivity index is 3.47. The van der Waals surface area contributed by atoms with Crippen LogP contribution in [-0.2, 0) is 15.1 Å². The van der Waals surface area contributed by atoms with E-state index in [2.05, 4.69) is 0 Å². The van der Waals surface area contributed by atoms with Crippen molar-refractivity contribution in [3.05, 3.63) is 29.8 Å². The van der Waals surface area contributed by atoms with E-state index < -0.39 is 11.5 Å². The summed E-state index contributed by atoms with van der Waals surface area (Å²) in [6.07, 6.45) is 0. The smallest absolute Gasteiger partial charge is 0.334 e. The van der Waals surface area contributed by atoms with Crippen molar-refractivity contribution in [3.63, 3.8) is 0 Å². The molecule has 1 amide bonds. The van der Waals surface area contributed by atoms with Crippen molar-refractivity contribution < 1.29 is 19.8 Å². The monoisotopic (exact) mass is 265 g/mol. The van der Waals surface area contributed by atoms with E-state index in [1.807, 2.05) is 0 Å². The molecule has 1 rings (SSSR count). The molecule has 19 heavy (non-hydrogen) atoms. The highest BCUT2D eigenvalue weighted by atomic mass is 16.4. The molecule has 1 unspecified atom stereocenters. The van der Waals surface area contributed by atoms with Gasteiger partial charge in [0.05, 0.1) is 0 Å². The first-order valence-corrected chi connectivity index (χ1v) is 6.04. The average Bonchev–Trinajstić information content (AvgIpc) is 2.27. The van der Waals surface area contributed by atoms with Crippen molar-refractivity contribution in [2.75, 3.05) is 0 Å². The SMILES string of the molecule is CC(=O)N(C(C)C)C(C)(C(=O)O)c1cccc(O)c1. The number of aliphatic carboxylic acids is 1. The molecule has 0 aliphatic carbocycles. The van der Waals surface area contributed by atoms with Gasteiger partial charge in [0.15, 0.2) is 5.54 Å². The Morgan fingerprint density at radius 3 is 2.26 bits per heavy atom. The molecule has 0 fully saturated rings. The molecular formula is C14H19NO4. The van der Waals surface area contributed by atoms with Crippen LogP contribution in [0.25, 0.3) is 0 Å². The zero-order valence-electron chi connectivity index (χ0n) is 11.5. The van der Waals surface area contributed by atoms with E-state index in [9.17, 15) is 19.8 Å². The highest BCUT2D eigenvalue weighted by Crippen LogP contribution is 2.32. The zero-order chi connectivity index (χ0) is 14.8. The number of amides is 1. The number of carboxylic acid groups (broad SMARTS) is 1. The highest BCUT2D eigenvalue weighted by molar-refractivity contribution is 5.87. The zero-order valence-corrected chi connectivity index (χ0v) is 11.5. The lowest BCUT2D eigenvalue weighted by atomic mass is 9.88. The van der Waals surface area contributed by atoms with Crippen molar-refractivity contribution in [2.24, 2.45) is 0 Å². The van der Waals surface area contributed by atoms with E-state index in [1.54, 1.807) is 26.0 Å². The predicted octanol–water partition coefficient (Wildman–Crippen LogP) is 1.95. The quantitative estimate of drug-likeness (QED) is 0.872. The van der Waals surface area contributed by atoms with Crippen LogP contribution >= 0.6 is 0 Å². The molecule has 0 spiro atoms. The second-order valence-corrected chi connectivity index (χ2v) is 4.91. The third-order valence-corrected chi connectivity index (χ3v) is 3.16. The maximum absolute atomic E-state index is 11.8. The second kappa shape index (κ2) is 5.30. The normalized spacial score (nSPS) is 13.9. The Bertz CT molecular complexity index is 498. The average molecular weight is 265 g/mol. The highest BCUT2D eigenvalue weighted by Gasteiger charge is 2.44. The number of hydrogen-bond donors (Lipinski definition) is 2. The molecular weight excluding hydrogens is 246 g/mol. The van der Waals surface area contributed by atoms with Gasteiger partial charge in [0.1, 0.15) is 5.75 Å². The second-order valence-electron chi connectivity index (χ2n) is 4.91. The minimum Gasteiger partial charge on any atom is -0.508 e. The molecule has 0 saturated heterocycles. The first kappa shape index (κ1) is 15.0. The van der Waals surface area contributed by atoms with Gasteiger partial charge in [0, 0.05) is 13.0 Å². The predicted molar refractivity (Wildman–Crippen MR) is 70.8 cm³/mol. The van der Waals surface area contributed by atoms with Crippen molar-refractivity contribution >= 4 is 11.9 Å². The molecule has 1 aromatic carbocycles. The lowest BCUT2D eigenvalue weighted by Gasteiger charge is -2.40. The van der Waals surface area contributed by atoms with Crippen LogP contribution in [0.3, 0.4) is 0 Å². The minimum absolute atomic E-state index is 0.0303. The van der Waals surface area contributed by atoms with Gasteiger partial charge < -0.3 is 15.1 Å². The molecule has 1 aromatic rings. The van der Waals surface area contributed by atoms with E-state index in [0.29, 0.717) is 5.56 Å². The summed E-state index contributed by atoms with van der Waals surface area (Å²) in [5.74, 6) is -1.50. The van der Waals surface area contributed by atoms with E-state index >= 15 is 0 Å². The Kier molecular flexibility index (Phi) is 4.19. The summed E-state index contributed by atoms with van der Waals surface area (Å²) < 4.78 is 0. The molecule has 1 atom stereocenters. The molecule has 0 aromatic heterocycles. The van der Waals surface area contributed by atoms with Crippen LogP contribution in [-0.4, -0.2) is 33.0 Å². The van der Waals surface area contributed by atoms with Gasteiger partial charge >= 0.3 is 5.97 Å². The number of hydrogen-bond acceptors (Lipinski definition) is 3. The topological polar surface area (TPSA) is 77.8 Å². The van der Waals surface area contributed by atoms with Crippen LogP contribution in [0, 0.1) is 0 Å². The maximum atomic E-state index is 11.8. The van der Waals surface area contributed by atoms with E-state index in [1.165, 1.54) is 30.9 Å². The molecule has 0 aliphatic heterocycles. The lowest BCUT2D eigenvalue weighted by molar-refractivity contribution is -0.160. The van der Waals surface area contributed by atoms with Gasteiger partial charge in [0.2, 0.25) is 5.91 Å². The fourth-order valence-corrected chi connectivity index (χ4v) is 2.37. The molecule has 2 N–H and O–H groups in total. The first-order valence-electron chi connectivity index (χ1n) is 6.04. The van der Waals surface area contributed by atoms with Crippen LogP contribution in [0.5, 0.6) is 5.75 Å². The van der Waals surface area contributed by atoms with Crippen molar-refractivity contribution in [1.29, 1.82) is 0 Å². The van der Waals surface area contributed by atoms with Gasteiger partial charge in [-0.3, -0.25) is 4.79 Å². The van der Waals surface area contributed by atoms with E-state index in [4.69, 9.17) is 0 Å². The summed E-state index contributed by atoms with van der Waals surface area (Å²) in [5.41, 5.74) is -1.15. The third-order valence-electron chi connectivity index (χ3n) is 3.16. The number of benzene rings is 1. The molecule has 0 radical (unpaired) electrons. The number of phenolic OH excluding ortho intramolecular Hbond substituents is 1. The standard InChI is InChI=1S/C14H19NO4/c1-9(2)15(10(3)16)14(4,13(18)19)11-6-5-7-12(17)8-11/h5-9,17H,1-4H3,(H,18,19). The van der Waals surface area contributed by atoms with Crippen molar-refractivity contribution in [2.45, 2.75) is 39.3 Å². The fraction of sp³-hybridized carbons (Fsp3) is 0.429. The number of phenols is 1. The Labute approximate surface area is 112 Å². The van der Waals surface area contributed by atoms with E-state index in [-0.39, 0.29) is 17.7 Å². The van der Waals surface area contributed by atoms with Gasteiger partial charge in [-0.1, -0.05) is 12.1 Å². The molecule has 0 aliphatic rings. The van der Waals surface area contributed by atoms with Crippen LogP contribution in [0.2, 0.25) is 0 Å². The van der Waals surface area contributed by atoms with Crippen LogP contribution in [0.1, 0.15) is 33.3 Å². The number of carbonyl (C=O) groups is 2. The van der Waals surface area contributed by atoms with Gasteiger partial charge in [-0.25, -0.2) is 4.79 Å². The number of aromatic hydroxyl groups is 1. The van der Waals surface area contributed by atoms with Crippen LogP contribution in [0.15, 0.2) is 24.3 Å². The molecule has 0 saturated carbocycles. The summed E-state index contributed by atoms with van der Waals surface area (Å²) in [5, 5.41) is 19.1. The van der Waals surface area contributed by atoms with Gasteiger partial charge in [-0.15, -0.1) is 0 Å². The molecule has 0 bridgehead atoms. The molecule has 5 heteroatoms. The number of carbonyl (C=O) groups excluding carboxylic acids is 1. The first-order chi connectivity index (χ1) is 8.71. The van der Waals surface area contributed by atoms with Gasteiger partial charge in [-0.2, -0.15) is 0 Å². The molecule has 0 heterocycles. The van der Waals surface area contributed by atoms with Gasteiger partial charge in [0.25, 0.3) is 0 Å². The fourth-order valence-electron chi connectivity index (χ4n) is 2.37. The van der Waals surface area contributed by atoms with Crippen molar-refractivity contribution in [1.82, 2.24) is 4.90 Å². The summed E-state index contributed by atoms with van der Waals surface area (Å²) in [6.45, 7) is 6.31. The minimum atomic E-state index is -1.52. The summed E-state index contributed by atoms with van der Waals surface area (Å²) in [6, 6.07) is 5.70. The molecule has 5 nitrogen and oxygen atoms in total. The Hall–Kier alpha value is -2.04. The number of rotatable bonds is 4. The number of nitrogens with zero attached hydrogens (tertiary/aromatic N) is 1. The lowest BCUT2D eigenvalue weighted by Crippen LogP contribution is -2.55. The Morgan fingerprint density at radius 1 is 1.32 bits per heavy atom. The third kappa shape index (κ3) is 2.70. The van der Waals surface area contributed by atoms with Crippen LogP contribution in [0.4, 0.5) is 0 Å².